The largest absolute Gasteiger partial charge is 0.419 e. The number of halogens is 1. The van der Waals surface area contributed by atoms with Crippen LogP contribution < -0.4 is 0 Å². The molecular weight excluding hydrogens is 386 g/mol. The van der Waals surface area contributed by atoms with Gasteiger partial charge in [-0.15, -0.1) is 10.2 Å². The predicted octanol–water partition coefficient (Wildman–Crippen LogP) is 4.99. The van der Waals surface area contributed by atoms with Crippen molar-refractivity contribution in [2.24, 2.45) is 0 Å². The van der Waals surface area contributed by atoms with E-state index >= 15 is 0 Å². The molecule has 29 heavy (non-hydrogen) atoms. The third-order valence-corrected chi connectivity index (χ3v) is 4.91. The van der Waals surface area contributed by atoms with Crippen molar-refractivity contribution < 1.29 is 4.42 Å². The van der Waals surface area contributed by atoms with E-state index in [0.29, 0.717) is 23.3 Å². The molecule has 2 aromatic carbocycles. The maximum Gasteiger partial charge on any atom is 0.249 e. The highest BCUT2D eigenvalue weighted by Gasteiger charge is 2.15. The van der Waals surface area contributed by atoms with Gasteiger partial charge in [-0.25, -0.2) is 4.68 Å². The SMILES string of the molecule is CCCN(Cc1ccc(-n2cccn2)cc1)Cc1nnc(-c2ccccc2Cl)o1. The summed E-state index contributed by atoms with van der Waals surface area (Å²) in [4.78, 5) is 2.30. The minimum atomic E-state index is 0.450. The molecule has 0 unspecified atom stereocenters. The zero-order valence-electron chi connectivity index (χ0n) is 16.2. The molecule has 0 bridgehead atoms. The van der Waals surface area contributed by atoms with E-state index in [0.717, 1.165) is 30.8 Å². The van der Waals surface area contributed by atoms with E-state index < -0.39 is 0 Å². The highest BCUT2D eigenvalue weighted by molar-refractivity contribution is 6.33. The summed E-state index contributed by atoms with van der Waals surface area (Å²) in [6.07, 6.45) is 4.75. The fraction of sp³-hybridized carbons (Fsp3) is 0.227. The molecule has 0 saturated heterocycles. The molecular formula is C22H22ClN5O. The summed E-state index contributed by atoms with van der Waals surface area (Å²) >= 11 is 6.24. The van der Waals surface area contributed by atoms with Gasteiger partial charge in [-0.2, -0.15) is 5.10 Å². The fourth-order valence-corrected chi connectivity index (χ4v) is 3.43. The molecule has 4 aromatic rings. The summed E-state index contributed by atoms with van der Waals surface area (Å²) in [5, 5.41) is 13.3. The van der Waals surface area contributed by atoms with Gasteiger partial charge in [0.25, 0.3) is 0 Å². The summed E-state index contributed by atoms with van der Waals surface area (Å²) in [7, 11) is 0. The van der Waals surface area contributed by atoms with Gasteiger partial charge in [-0.1, -0.05) is 42.8 Å². The molecule has 7 heteroatoms. The van der Waals surface area contributed by atoms with Crippen molar-refractivity contribution in [1.82, 2.24) is 24.9 Å². The second kappa shape index (κ2) is 9.03. The molecule has 2 heterocycles. The Kier molecular flexibility index (Phi) is 6.03. The molecule has 0 N–H and O–H groups in total. The average molecular weight is 408 g/mol. The van der Waals surface area contributed by atoms with Crippen LogP contribution in [0.2, 0.25) is 5.02 Å². The standard InChI is InChI=1S/C22H22ClN5O/c1-2-13-27(15-17-8-10-18(11-9-17)28-14-5-12-24-28)16-21-25-26-22(29-21)19-6-3-4-7-20(19)23/h3-12,14H,2,13,15-16H2,1H3. The number of benzene rings is 2. The average Bonchev–Trinajstić information content (AvgIpc) is 3.42. The maximum absolute atomic E-state index is 6.24. The van der Waals surface area contributed by atoms with Crippen LogP contribution in [0.3, 0.4) is 0 Å². The number of aromatic nitrogens is 4. The van der Waals surface area contributed by atoms with Crippen LogP contribution in [-0.4, -0.2) is 31.4 Å². The van der Waals surface area contributed by atoms with E-state index in [9.17, 15) is 0 Å². The molecule has 0 radical (unpaired) electrons. The maximum atomic E-state index is 6.24. The van der Waals surface area contributed by atoms with E-state index in [-0.39, 0.29) is 0 Å². The van der Waals surface area contributed by atoms with Gasteiger partial charge in [0.2, 0.25) is 11.8 Å². The predicted molar refractivity (Wildman–Crippen MR) is 113 cm³/mol. The van der Waals surface area contributed by atoms with Gasteiger partial charge in [0.1, 0.15) is 0 Å². The highest BCUT2D eigenvalue weighted by Crippen LogP contribution is 2.26. The van der Waals surface area contributed by atoms with Crippen LogP contribution in [0.5, 0.6) is 0 Å². The third-order valence-electron chi connectivity index (χ3n) is 4.58. The van der Waals surface area contributed by atoms with E-state index in [1.54, 1.807) is 6.20 Å². The molecule has 0 fully saturated rings. The molecule has 0 spiro atoms. The summed E-state index contributed by atoms with van der Waals surface area (Å²) < 4.78 is 7.72. The first-order chi connectivity index (χ1) is 14.2. The Balaban J connectivity index is 1.45. The van der Waals surface area contributed by atoms with E-state index in [1.165, 1.54) is 5.56 Å². The van der Waals surface area contributed by atoms with Crippen molar-refractivity contribution in [3.63, 3.8) is 0 Å². The van der Waals surface area contributed by atoms with Gasteiger partial charge in [0.15, 0.2) is 0 Å². The number of hydrogen-bond acceptors (Lipinski definition) is 5. The minimum absolute atomic E-state index is 0.450. The lowest BCUT2D eigenvalue weighted by Gasteiger charge is -2.20. The number of rotatable bonds is 8. The Labute approximate surface area is 174 Å². The zero-order valence-corrected chi connectivity index (χ0v) is 17.0. The molecule has 0 saturated carbocycles. The summed E-state index contributed by atoms with van der Waals surface area (Å²) in [6, 6.07) is 17.8. The van der Waals surface area contributed by atoms with Crippen LogP contribution >= 0.6 is 11.6 Å². The summed E-state index contributed by atoms with van der Waals surface area (Å²) in [5.74, 6) is 1.03. The molecule has 0 aliphatic rings. The molecule has 4 rings (SSSR count). The lowest BCUT2D eigenvalue weighted by atomic mass is 10.2. The molecule has 0 aliphatic heterocycles. The van der Waals surface area contributed by atoms with Crippen molar-refractivity contribution in [3.8, 4) is 17.1 Å². The fourth-order valence-electron chi connectivity index (χ4n) is 3.22. The number of nitrogens with zero attached hydrogens (tertiary/aromatic N) is 5. The van der Waals surface area contributed by atoms with E-state index in [4.69, 9.17) is 16.0 Å². The smallest absolute Gasteiger partial charge is 0.249 e. The normalized spacial score (nSPS) is 11.3. The molecule has 148 valence electrons. The Hall–Kier alpha value is -2.96. The minimum Gasteiger partial charge on any atom is -0.419 e. The van der Waals surface area contributed by atoms with Crippen molar-refractivity contribution in [1.29, 1.82) is 0 Å². The Morgan fingerprint density at radius 3 is 2.55 bits per heavy atom. The highest BCUT2D eigenvalue weighted by atomic mass is 35.5. The lowest BCUT2D eigenvalue weighted by Crippen LogP contribution is -2.23. The van der Waals surface area contributed by atoms with E-state index in [2.05, 4.69) is 51.4 Å². The van der Waals surface area contributed by atoms with Gasteiger partial charge in [0, 0.05) is 18.9 Å². The van der Waals surface area contributed by atoms with Crippen LogP contribution in [0, 0.1) is 0 Å². The van der Waals surface area contributed by atoms with Gasteiger partial charge in [0.05, 0.1) is 22.8 Å². The molecule has 6 nitrogen and oxygen atoms in total. The second-order valence-corrected chi connectivity index (χ2v) is 7.22. The summed E-state index contributed by atoms with van der Waals surface area (Å²) in [5.41, 5.74) is 3.02. The van der Waals surface area contributed by atoms with Gasteiger partial charge in [-0.3, -0.25) is 4.90 Å². The van der Waals surface area contributed by atoms with Crippen LogP contribution in [0.4, 0.5) is 0 Å². The molecule has 0 aliphatic carbocycles. The van der Waals surface area contributed by atoms with Gasteiger partial charge >= 0.3 is 0 Å². The Morgan fingerprint density at radius 2 is 1.83 bits per heavy atom. The van der Waals surface area contributed by atoms with Crippen LogP contribution in [-0.2, 0) is 13.1 Å². The van der Waals surface area contributed by atoms with E-state index in [1.807, 2.05) is 41.2 Å². The van der Waals surface area contributed by atoms with Crippen molar-refractivity contribution in [2.75, 3.05) is 6.54 Å². The lowest BCUT2D eigenvalue weighted by molar-refractivity contribution is 0.232. The van der Waals surface area contributed by atoms with Crippen molar-refractivity contribution in [2.45, 2.75) is 26.4 Å². The topological polar surface area (TPSA) is 60.0 Å². The van der Waals surface area contributed by atoms with Crippen LogP contribution in [0.1, 0.15) is 24.8 Å². The Morgan fingerprint density at radius 1 is 1.00 bits per heavy atom. The number of hydrogen-bond donors (Lipinski definition) is 0. The second-order valence-electron chi connectivity index (χ2n) is 6.81. The van der Waals surface area contributed by atoms with Gasteiger partial charge < -0.3 is 4.42 Å². The first kappa shape index (κ1) is 19.4. The molecule has 2 aromatic heterocycles. The van der Waals surface area contributed by atoms with Gasteiger partial charge in [-0.05, 0) is 48.9 Å². The molecule has 0 amide bonds. The Bertz CT molecular complexity index is 1040. The van der Waals surface area contributed by atoms with Crippen molar-refractivity contribution >= 4 is 11.6 Å². The monoisotopic (exact) mass is 407 g/mol. The summed E-state index contributed by atoms with van der Waals surface area (Å²) in [6.45, 7) is 4.49. The first-order valence-corrected chi connectivity index (χ1v) is 9.99. The zero-order chi connectivity index (χ0) is 20.1. The van der Waals surface area contributed by atoms with Crippen molar-refractivity contribution in [3.05, 3.63) is 83.5 Å². The molecule has 0 atom stereocenters. The van der Waals surface area contributed by atoms with Crippen LogP contribution in [0.15, 0.2) is 71.4 Å². The first-order valence-electron chi connectivity index (χ1n) is 9.61. The third kappa shape index (κ3) is 4.72. The van der Waals surface area contributed by atoms with Crippen LogP contribution in [0.25, 0.3) is 17.1 Å². The quantitative estimate of drug-likeness (QED) is 0.412.